The fraction of sp³-hybridized carbons (Fsp3) is 0.353. The van der Waals surface area contributed by atoms with Gasteiger partial charge in [0.25, 0.3) is 0 Å². The number of H-pyrrole nitrogens is 1. The van der Waals surface area contributed by atoms with E-state index >= 15 is 0 Å². The van der Waals surface area contributed by atoms with Crippen molar-refractivity contribution in [2.75, 3.05) is 6.61 Å². The molecule has 0 bridgehead atoms. The predicted octanol–water partition coefficient (Wildman–Crippen LogP) is 4.20. The van der Waals surface area contributed by atoms with Crippen LogP contribution in [0.3, 0.4) is 0 Å². The highest BCUT2D eigenvalue weighted by Crippen LogP contribution is 2.29. The van der Waals surface area contributed by atoms with E-state index in [1.807, 2.05) is 24.4 Å². The van der Waals surface area contributed by atoms with Crippen LogP contribution < -0.4 is 4.74 Å². The first-order chi connectivity index (χ1) is 9.93. The molecule has 1 aromatic carbocycles. The van der Waals surface area contributed by atoms with Gasteiger partial charge in [0.2, 0.25) is 0 Å². The molecule has 2 aromatic rings. The molecule has 0 saturated heterocycles. The Bertz CT molecular complexity index is 560. The molecule has 20 heavy (non-hydrogen) atoms. The maximum absolute atomic E-state index is 5.99. The molecule has 0 fully saturated rings. The topological polar surface area (TPSA) is 37.9 Å². The molecule has 0 amide bonds. The minimum absolute atomic E-state index is 0.776. The third kappa shape index (κ3) is 3.10. The molecule has 1 N–H and O–H groups in total. The number of rotatable bonds is 5. The van der Waals surface area contributed by atoms with Crippen molar-refractivity contribution in [3.63, 3.8) is 0 Å². The number of para-hydroxylation sites is 1. The number of allylic oxidation sites excluding steroid dienone is 2. The average Bonchev–Trinajstić information content (AvgIpc) is 3.03. The van der Waals surface area contributed by atoms with Gasteiger partial charge in [-0.15, -0.1) is 0 Å². The second-order valence-corrected chi connectivity index (χ2v) is 5.24. The minimum atomic E-state index is 0.776. The lowest BCUT2D eigenvalue weighted by molar-refractivity contribution is 0.271. The summed E-state index contributed by atoms with van der Waals surface area (Å²) in [5.74, 6) is 1.70. The largest absolute Gasteiger partial charge is 0.493 e. The van der Waals surface area contributed by atoms with Gasteiger partial charge in [-0.25, -0.2) is 4.98 Å². The molecule has 1 unspecified atom stereocenters. The first kappa shape index (κ1) is 13.0. The van der Waals surface area contributed by atoms with E-state index in [0.717, 1.165) is 36.0 Å². The maximum atomic E-state index is 5.99. The summed E-state index contributed by atoms with van der Waals surface area (Å²) in [6.07, 6.45) is 13.0. The summed E-state index contributed by atoms with van der Waals surface area (Å²) in [6.45, 7) is 0.778. The van der Waals surface area contributed by atoms with Gasteiger partial charge < -0.3 is 9.72 Å². The first-order valence-electron chi connectivity index (χ1n) is 7.29. The Morgan fingerprint density at radius 1 is 1.25 bits per heavy atom. The van der Waals surface area contributed by atoms with E-state index in [1.165, 1.54) is 19.3 Å². The van der Waals surface area contributed by atoms with Crippen molar-refractivity contribution in [1.29, 1.82) is 0 Å². The van der Waals surface area contributed by atoms with Crippen LogP contribution in [-0.4, -0.2) is 16.6 Å². The Kier molecular flexibility index (Phi) is 4.16. The van der Waals surface area contributed by atoms with Crippen LogP contribution in [0.25, 0.3) is 11.3 Å². The summed E-state index contributed by atoms with van der Waals surface area (Å²) < 4.78 is 5.99. The van der Waals surface area contributed by atoms with E-state index in [4.69, 9.17) is 4.74 Å². The van der Waals surface area contributed by atoms with Crippen LogP contribution in [0.1, 0.15) is 25.7 Å². The molecule has 1 atom stereocenters. The third-order valence-corrected chi connectivity index (χ3v) is 3.82. The van der Waals surface area contributed by atoms with E-state index in [1.54, 1.807) is 6.33 Å². The number of ether oxygens (including phenoxy) is 1. The van der Waals surface area contributed by atoms with Gasteiger partial charge in [0.05, 0.1) is 18.6 Å². The summed E-state index contributed by atoms with van der Waals surface area (Å²) in [6, 6.07) is 8.09. The van der Waals surface area contributed by atoms with Gasteiger partial charge in [0.15, 0.2) is 0 Å². The zero-order valence-corrected chi connectivity index (χ0v) is 11.6. The molecule has 1 aliphatic carbocycles. The number of aromatic nitrogens is 2. The Hall–Kier alpha value is -2.03. The minimum Gasteiger partial charge on any atom is -0.493 e. The molecule has 0 aliphatic heterocycles. The lowest BCUT2D eigenvalue weighted by Crippen LogP contribution is -2.08. The molecule has 3 nitrogen and oxygen atoms in total. The smallest absolute Gasteiger partial charge is 0.128 e. The standard InChI is InChI=1S/C17H20N2O/c1-2-6-14(7-3-1)10-11-20-17-9-5-4-8-15(17)16-12-18-13-19-16/h1-2,4-5,8-9,12-14H,3,6-7,10-11H2,(H,18,19). The number of hydrogen-bond acceptors (Lipinski definition) is 2. The molecule has 1 aliphatic rings. The number of imidazole rings is 1. The van der Waals surface area contributed by atoms with Gasteiger partial charge >= 0.3 is 0 Å². The molecule has 1 heterocycles. The van der Waals surface area contributed by atoms with E-state index in [-0.39, 0.29) is 0 Å². The summed E-state index contributed by atoms with van der Waals surface area (Å²) in [5.41, 5.74) is 1.98. The lowest BCUT2D eigenvalue weighted by atomic mass is 9.92. The van der Waals surface area contributed by atoms with Crippen LogP contribution in [0, 0.1) is 5.92 Å². The van der Waals surface area contributed by atoms with Gasteiger partial charge in [-0.05, 0) is 43.7 Å². The molecule has 0 spiro atoms. The van der Waals surface area contributed by atoms with Crippen molar-refractivity contribution in [3.05, 3.63) is 48.9 Å². The number of nitrogens with zero attached hydrogens (tertiary/aromatic N) is 1. The van der Waals surface area contributed by atoms with Crippen LogP contribution in [0.15, 0.2) is 48.9 Å². The van der Waals surface area contributed by atoms with Crippen molar-refractivity contribution in [1.82, 2.24) is 9.97 Å². The predicted molar refractivity (Wildman–Crippen MR) is 80.6 cm³/mol. The van der Waals surface area contributed by atoms with Crippen LogP contribution in [0.4, 0.5) is 0 Å². The lowest BCUT2D eigenvalue weighted by Gasteiger charge is -2.18. The second-order valence-electron chi connectivity index (χ2n) is 5.24. The Morgan fingerprint density at radius 3 is 3.00 bits per heavy atom. The molecule has 1 aromatic heterocycles. The van der Waals surface area contributed by atoms with Crippen molar-refractivity contribution < 1.29 is 4.74 Å². The van der Waals surface area contributed by atoms with Crippen LogP contribution >= 0.6 is 0 Å². The fourth-order valence-corrected chi connectivity index (χ4v) is 2.67. The van der Waals surface area contributed by atoms with Gasteiger partial charge in [-0.3, -0.25) is 0 Å². The number of benzene rings is 1. The fourth-order valence-electron chi connectivity index (χ4n) is 2.67. The molecule has 104 valence electrons. The van der Waals surface area contributed by atoms with E-state index in [0.29, 0.717) is 0 Å². The van der Waals surface area contributed by atoms with Gasteiger partial charge in [-0.2, -0.15) is 0 Å². The van der Waals surface area contributed by atoms with Gasteiger partial charge in [-0.1, -0.05) is 24.3 Å². The van der Waals surface area contributed by atoms with E-state index in [2.05, 4.69) is 28.2 Å². The van der Waals surface area contributed by atoms with Crippen molar-refractivity contribution >= 4 is 0 Å². The third-order valence-electron chi connectivity index (χ3n) is 3.82. The molecule has 0 radical (unpaired) electrons. The first-order valence-corrected chi connectivity index (χ1v) is 7.29. The molecule has 3 heteroatoms. The SMILES string of the molecule is C1=CCC(CCOc2ccccc2-c2c[nH]cn2)CC1. The van der Waals surface area contributed by atoms with Crippen molar-refractivity contribution in [2.45, 2.75) is 25.7 Å². The van der Waals surface area contributed by atoms with E-state index < -0.39 is 0 Å². The Morgan fingerprint density at radius 2 is 2.20 bits per heavy atom. The zero-order valence-electron chi connectivity index (χ0n) is 11.6. The normalized spacial score (nSPS) is 18.1. The average molecular weight is 268 g/mol. The second kappa shape index (κ2) is 6.42. The molecular weight excluding hydrogens is 248 g/mol. The van der Waals surface area contributed by atoms with Crippen molar-refractivity contribution in [2.24, 2.45) is 5.92 Å². The summed E-state index contributed by atoms with van der Waals surface area (Å²) >= 11 is 0. The Balaban J connectivity index is 1.61. The highest BCUT2D eigenvalue weighted by atomic mass is 16.5. The number of hydrogen-bond donors (Lipinski definition) is 1. The molecule has 3 rings (SSSR count). The Labute approximate surface area is 119 Å². The van der Waals surface area contributed by atoms with Crippen LogP contribution in [-0.2, 0) is 0 Å². The van der Waals surface area contributed by atoms with Gasteiger partial charge in [0.1, 0.15) is 5.75 Å². The monoisotopic (exact) mass is 268 g/mol. The highest BCUT2D eigenvalue weighted by Gasteiger charge is 2.11. The van der Waals surface area contributed by atoms with Crippen LogP contribution in [0.5, 0.6) is 5.75 Å². The number of nitrogens with one attached hydrogen (secondary N) is 1. The quantitative estimate of drug-likeness (QED) is 0.825. The molecular formula is C17H20N2O. The van der Waals surface area contributed by atoms with Gasteiger partial charge in [0, 0.05) is 11.8 Å². The zero-order chi connectivity index (χ0) is 13.6. The van der Waals surface area contributed by atoms with Crippen LogP contribution in [0.2, 0.25) is 0 Å². The van der Waals surface area contributed by atoms with Crippen molar-refractivity contribution in [3.8, 4) is 17.0 Å². The summed E-state index contributed by atoms with van der Waals surface area (Å²) in [7, 11) is 0. The molecule has 0 saturated carbocycles. The van der Waals surface area contributed by atoms with E-state index in [9.17, 15) is 0 Å². The number of aromatic amines is 1. The summed E-state index contributed by atoms with van der Waals surface area (Å²) in [5, 5.41) is 0. The highest BCUT2D eigenvalue weighted by molar-refractivity contribution is 5.66. The maximum Gasteiger partial charge on any atom is 0.128 e. The summed E-state index contributed by atoms with van der Waals surface area (Å²) in [4.78, 5) is 7.29.